The summed E-state index contributed by atoms with van der Waals surface area (Å²) in [6.07, 6.45) is 6.72. The van der Waals surface area contributed by atoms with Crippen molar-refractivity contribution >= 4 is 0 Å². The average molecular weight is 201 g/mol. The molecule has 0 bridgehead atoms. The van der Waals surface area contributed by atoms with Gasteiger partial charge < -0.3 is 5.32 Å². The first-order valence-corrected chi connectivity index (χ1v) is 5.81. The molecular formula is C14H19N. The Morgan fingerprint density at radius 3 is 3.07 bits per heavy atom. The Labute approximate surface area is 92.2 Å². The molecule has 15 heavy (non-hydrogen) atoms. The largest absolute Gasteiger partial charge is 0.316 e. The van der Waals surface area contributed by atoms with Crippen LogP contribution in [-0.4, -0.2) is 13.1 Å². The van der Waals surface area contributed by atoms with E-state index in [2.05, 4.69) is 48.7 Å². The van der Waals surface area contributed by atoms with Crippen LogP contribution in [0.5, 0.6) is 0 Å². The van der Waals surface area contributed by atoms with Gasteiger partial charge in [0.2, 0.25) is 0 Å². The van der Waals surface area contributed by atoms with Crippen LogP contribution in [0.1, 0.15) is 30.4 Å². The predicted molar refractivity (Wildman–Crippen MR) is 65.2 cm³/mol. The summed E-state index contributed by atoms with van der Waals surface area (Å²) in [7, 11) is 0. The molecule has 1 heteroatoms. The summed E-state index contributed by atoms with van der Waals surface area (Å²) in [4.78, 5) is 0. The van der Waals surface area contributed by atoms with Crippen LogP contribution in [-0.2, 0) is 6.42 Å². The lowest BCUT2D eigenvalue weighted by molar-refractivity contribution is 0.539. The maximum Gasteiger partial charge on any atom is 0.00235 e. The number of fused-ring (bicyclic) bond motifs is 1. The van der Waals surface area contributed by atoms with Gasteiger partial charge in [-0.25, -0.2) is 0 Å². The second kappa shape index (κ2) is 5.13. The molecule has 0 aliphatic heterocycles. The van der Waals surface area contributed by atoms with Crippen LogP contribution in [0.2, 0.25) is 0 Å². The molecule has 1 atom stereocenters. The molecule has 1 aromatic carbocycles. The Morgan fingerprint density at radius 1 is 1.40 bits per heavy atom. The molecule has 0 heterocycles. The number of allylic oxidation sites excluding steroid dienone is 1. The van der Waals surface area contributed by atoms with E-state index >= 15 is 0 Å². The summed E-state index contributed by atoms with van der Waals surface area (Å²) >= 11 is 0. The van der Waals surface area contributed by atoms with Crippen LogP contribution in [0, 0.1) is 0 Å². The molecule has 1 unspecified atom stereocenters. The number of benzene rings is 1. The number of nitrogens with one attached hydrogen (secondary N) is 1. The van der Waals surface area contributed by atoms with E-state index in [1.165, 1.54) is 12.0 Å². The van der Waals surface area contributed by atoms with Crippen LogP contribution in [0.25, 0.3) is 0 Å². The normalized spacial score (nSPS) is 18.9. The van der Waals surface area contributed by atoms with Crippen molar-refractivity contribution in [3.05, 3.63) is 47.5 Å². The molecule has 1 nitrogen and oxygen atoms in total. The van der Waals surface area contributed by atoms with E-state index in [9.17, 15) is 0 Å². The topological polar surface area (TPSA) is 12.0 Å². The molecule has 0 radical (unpaired) electrons. The number of rotatable bonds is 5. The second-order valence-corrected chi connectivity index (χ2v) is 4.16. The van der Waals surface area contributed by atoms with E-state index in [0.717, 1.165) is 25.4 Å². The van der Waals surface area contributed by atoms with Gasteiger partial charge in [0.25, 0.3) is 0 Å². The van der Waals surface area contributed by atoms with Gasteiger partial charge in [0, 0.05) is 12.5 Å². The fraction of sp³-hybridized carbons (Fsp3) is 0.429. The van der Waals surface area contributed by atoms with Crippen LogP contribution < -0.4 is 5.32 Å². The molecule has 1 aliphatic carbocycles. The van der Waals surface area contributed by atoms with E-state index in [1.54, 1.807) is 5.56 Å². The number of hydrogen-bond acceptors (Lipinski definition) is 1. The predicted octanol–water partition coefficient (Wildman–Crippen LogP) is 2.88. The maximum atomic E-state index is 3.51. The molecule has 1 N–H and O–H groups in total. The Morgan fingerprint density at radius 2 is 2.27 bits per heavy atom. The van der Waals surface area contributed by atoms with Crippen molar-refractivity contribution in [2.75, 3.05) is 13.1 Å². The summed E-state index contributed by atoms with van der Waals surface area (Å²) in [5.74, 6) is 0.756. The molecule has 0 aromatic heterocycles. The highest BCUT2D eigenvalue weighted by molar-refractivity contribution is 5.40. The highest BCUT2D eigenvalue weighted by Gasteiger charge is 2.24. The van der Waals surface area contributed by atoms with Crippen molar-refractivity contribution in [1.29, 1.82) is 0 Å². The monoisotopic (exact) mass is 201 g/mol. The van der Waals surface area contributed by atoms with Gasteiger partial charge in [-0.3, -0.25) is 0 Å². The molecule has 80 valence electrons. The molecule has 0 fully saturated rings. The smallest absolute Gasteiger partial charge is 0.00235 e. The van der Waals surface area contributed by atoms with Crippen LogP contribution in [0.4, 0.5) is 0 Å². The molecule has 2 rings (SSSR count). The minimum Gasteiger partial charge on any atom is -0.316 e. The lowest BCUT2D eigenvalue weighted by atomic mass is 9.77. The van der Waals surface area contributed by atoms with Crippen molar-refractivity contribution < 1.29 is 0 Å². The Kier molecular flexibility index (Phi) is 3.57. The zero-order valence-corrected chi connectivity index (χ0v) is 9.37. The van der Waals surface area contributed by atoms with Crippen LogP contribution >= 0.6 is 0 Å². The minimum atomic E-state index is 0.756. The Hall–Kier alpha value is -1.08. The average Bonchev–Trinajstić information content (AvgIpc) is 2.24. The third-order valence-corrected chi connectivity index (χ3v) is 3.08. The van der Waals surface area contributed by atoms with Crippen LogP contribution in [0.15, 0.2) is 36.4 Å². The minimum absolute atomic E-state index is 0.756. The van der Waals surface area contributed by atoms with Gasteiger partial charge >= 0.3 is 0 Å². The van der Waals surface area contributed by atoms with Crippen molar-refractivity contribution in [3.63, 3.8) is 0 Å². The summed E-state index contributed by atoms with van der Waals surface area (Å²) in [6.45, 7) is 4.31. The van der Waals surface area contributed by atoms with Gasteiger partial charge in [-0.15, -0.1) is 0 Å². The standard InChI is InChI=1S/C14H19N/c1-2-3-6-9-15-11-13-10-12-7-4-5-8-14(12)13/h2-5,7-8,13,15H,6,9-11H2,1H3/b3-2+. The molecule has 0 saturated carbocycles. The molecule has 1 aliphatic rings. The van der Waals surface area contributed by atoms with Crippen molar-refractivity contribution in [2.24, 2.45) is 0 Å². The first-order valence-electron chi connectivity index (χ1n) is 5.81. The molecular weight excluding hydrogens is 182 g/mol. The fourth-order valence-electron chi connectivity index (χ4n) is 2.17. The first-order chi connectivity index (χ1) is 7.42. The van der Waals surface area contributed by atoms with Gasteiger partial charge in [-0.2, -0.15) is 0 Å². The van der Waals surface area contributed by atoms with E-state index < -0.39 is 0 Å². The van der Waals surface area contributed by atoms with Crippen molar-refractivity contribution in [1.82, 2.24) is 5.32 Å². The summed E-state index contributed by atoms with van der Waals surface area (Å²) < 4.78 is 0. The van der Waals surface area contributed by atoms with E-state index in [4.69, 9.17) is 0 Å². The highest BCUT2D eigenvalue weighted by atomic mass is 14.9. The fourth-order valence-corrected chi connectivity index (χ4v) is 2.17. The SMILES string of the molecule is C/C=C/CCNCC1Cc2ccccc21. The van der Waals surface area contributed by atoms with Gasteiger partial charge in [0.05, 0.1) is 0 Å². The van der Waals surface area contributed by atoms with E-state index in [0.29, 0.717) is 0 Å². The van der Waals surface area contributed by atoms with Gasteiger partial charge in [0.15, 0.2) is 0 Å². The third-order valence-electron chi connectivity index (χ3n) is 3.08. The first kappa shape index (κ1) is 10.4. The zero-order chi connectivity index (χ0) is 10.5. The van der Waals surface area contributed by atoms with Gasteiger partial charge in [-0.1, -0.05) is 36.4 Å². The second-order valence-electron chi connectivity index (χ2n) is 4.16. The quantitative estimate of drug-likeness (QED) is 0.570. The van der Waals surface area contributed by atoms with Crippen molar-refractivity contribution in [3.8, 4) is 0 Å². The number of hydrogen-bond donors (Lipinski definition) is 1. The van der Waals surface area contributed by atoms with Crippen LogP contribution in [0.3, 0.4) is 0 Å². The van der Waals surface area contributed by atoms with Crippen molar-refractivity contribution in [2.45, 2.75) is 25.7 Å². The summed E-state index contributed by atoms with van der Waals surface area (Å²) in [6, 6.07) is 8.78. The summed E-state index contributed by atoms with van der Waals surface area (Å²) in [5.41, 5.74) is 3.09. The zero-order valence-electron chi connectivity index (χ0n) is 9.37. The lowest BCUT2D eigenvalue weighted by Gasteiger charge is -2.30. The maximum absolute atomic E-state index is 3.51. The lowest BCUT2D eigenvalue weighted by Crippen LogP contribution is -2.29. The molecule has 0 amide bonds. The third kappa shape index (κ3) is 2.48. The molecule has 1 aromatic rings. The van der Waals surface area contributed by atoms with Gasteiger partial charge in [0.1, 0.15) is 0 Å². The van der Waals surface area contributed by atoms with E-state index in [1.807, 2.05) is 0 Å². The van der Waals surface area contributed by atoms with Gasteiger partial charge in [-0.05, 0) is 37.4 Å². The molecule has 0 saturated heterocycles. The highest BCUT2D eigenvalue weighted by Crippen LogP contribution is 2.33. The summed E-state index contributed by atoms with van der Waals surface area (Å²) in [5, 5.41) is 3.51. The molecule has 0 spiro atoms. The Bertz CT molecular complexity index is 341. The Balaban J connectivity index is 1.71. The van der Waals surface area contributed by atoms with E-state index in [-0.39, 0.29) is 0 Å².